The number of unbranched alkanes of at least 4 members (excludes halogenated alkanes) is 3. The standard InChI is InChI=1S/C15H26O3/c1-3-5-6-7-8-13-12(9-10-14(13)16)11-15(17)18-4-2/h12-13H,3-11H2,1-2H3. The number of hydrogen-bond donors (Lipinski definition) is 0. The molecular formula is C15H26O3. The Morgan fingerprint density at radius 1 is 1.28 bits per heavy atom. The Labute approximate surface area is 110 Å². The molecule has 0 heterocycles. The van der Waals surface area contributed by atoms with Gasteiger partial charge in [-0.15, -0.1) is 0 Å². The first-order valence-electron chi connectivity index (χ1n) is 7.37. The Morgan fingerprint density at radius 2 is 2.06 bits per heavy atom. The molecule has 3 nitrogen and oxygen atoms in total. The average molecular weight is 254 g/mol. The normalized spacial score (nSPS) is 23.3. The predicted molar refractivity (Wildman–Crippen MR) is 71.2 cm³/mol. The van der Waals surface area contributed by atoms with Gasteiger partial charge in [0.1, 0.15) is 5.78 Å². The Kier molecular flexibility index (Phi) is 6.99. The van der Waals surface area contributed by atoms with Crippen LogP contribution in [0.3, 0.4) is 0 Å². The van der Waals surface area contributed by atoms with E-state index in [9.17, 15) is 9.59 Å². The zero-order valence-electron chi connectivity index (χ0n) is 11.7. The summed E-state index contributed by atoms with van der Waals surface area (Å²) in [6.07, 6.45) is 7.68. The second kappa shape index (κ2) is 8.28. The van der Waals surface area contributed by atoms with Crippen LogP contribution in [0.4, 0.5) is 0 Å². The second-order valence-electron chi connectivity index (χ2n) is 5.23. The summed E-state index contributed by atoms with van der Waals surface area (Å²) in [6, 6.07) is 0. The summed E-state index contributed by atoms with van der Waals surface area (Å²) in [6.45, 7) is 4.44. The predicted octanol–water partition coefficient (Wildman–Crippen LogP) is 3.51. The summed E-state index contributed by atoms with van der Waals surface area (Å²) in [7, 11) is 0. The first kappa shape index (κ1) is 15.2. The molecule has 1 aliphatic carbocycles. The summed E-state index contributed by atoms with van der Waals surface area (Å²) >= 11 is 0. The first-order valence-corrected chi connectivity index (χ1v) is 7.37. The number of carbonyl (C=O) groups excluding carboxylic acids is 2. The molecular weight excluding hydrogens is 228 g/mol. The van der Waals surface area contributed by atoms with E-state index in [0.29, 0.717) is 25.2 Å². The number of hydrogen-bond acceptors (Lipinski definition) is 3. The molecule has 2 atom stereocenters. The number of rotatable bonds is 8. The highest BCUT2D eigenvalue weighted by Gasteiger charge is 2.35. The molecule has 0 aliphatic heterocycles. The fourth-order valence-corrected chi connectivity index (χ4v) is 2.84. The van der Waals surface area contributed by atoms with E-state index in [-0.39, 0.29) is 17.8 Å². The Bertz CT molecular complexity index is 273. The van der Waals surface area contributed by atoms with Crippen LogP contribution in [-0.2, 0) is 14.3 Å². The van der Waals surface area contributed by atoms with Gasteiger partial charge in [0.15, 0.2) is 0 Å². The summed E-state index contributed by atoms with van der Waals surface area (Å²) in [4.78, 5) is 23.3. The zero-order chi connectivity index (χ0) is 13.4. The van der Waals surface area contributed by atoms with Crippen molar-refractivity contribution in [1.29, 1.82) is 0 Å². The molecule has 104 valence electrons. The maximum absolute atomic E-state index is 11.8. The van der Waals surface area contributed by atoms with Gasteiger partial charge in [0.25, 0.3) is 0 Å². The molecule has 0 aromatic rings. The minimum atomic E-state index is -0.143. The highest BCUT2D eigenvalue weighted by molar-refractivity contribution is 5.84. The van der Waals surface area contributed by atoms with Crippen molar-refractivity contribution in [2.24, 2.45) is 11.8 Å². The second-order valence-corrected chi connectivity index (χ2v) is 5.23. The van der Waals surface area contributed by atoms with Crippen LogP contribution in [0.15, 0.2) is 0 Å². The van der Waals surface area contributed by atoms with Gasteiger partial charge in [-0.2, -0.15) is 0 Å². The molecule has 0 N–H and O–H groups in total. The Balaban J connectivity index is 2.36. The average Bonchev–Trinajstić information content (AvgIpc) is 2.67. The number of carbonyl (C=O) groups is 2. The maximum Gasteiger partial charge on any atom is 0.306 e. The van der Waals surface area contributed by atoms with E-state index in [1.54, 1.807) is 0 Å². The number of Topliss-reactive ketones (excluding diaryl/α,β-unsaturated/α-hetero) is 1. The lowest BCUT2D eigenvalue weighted by atomic mass is 9.88. The van der Waals surface area contributed by atoms with Crippen molar-refractivity contribution >= 4 is 11.8 Å². The molecule has 0 aromatic carbocycles. The molecule has 1 fully saturated rings. The summed E-state index contributed by atoms with van der Waals surface area (Å²) in [5.41, 5.74) is 0. The summed E-state index contributed by atoms with van der Waals surface area (Å²) in [5, 5.41) is 0. The van der Waals surface area contributed by atoms with E-state index in [1.165, 1.54) is 19.3 Å². The highest BCUT2D eigenvalue weighted by Crippen LogP contribution is 2.35. The maximum atomic E-state index is 11.8. The van der Waals surface area contributed by atoms with Crippen molar-refractivity contribution in [2.45, 2.75) is 65.2 Å². The van der Waals surface area contributed by atoms with Gasteiger partial charge in [0.05, 0.1) is 6.61 Å². The Hall–Kier alpha value is -0.860. The minimum absolute atomic E-state index is 0.117. The SMILES string of the molecule is CCCCCCC1C(=O)CCC1CC(=O)OCC. The topological polar surface area (TPSA) is 43.4 Å². The van der Waals surface area contributed by atoms with Gasteiger partial charge >= 0.3 is 5.97 Å². The van der Waals surface area contributed by atoms with E-state index in [2.05, 4.69) is 6.92 Å². The third-order valence-corrected chi connectivity index (χ3v) is 3.85. The van der Waals surface area contributed by atoms with Gasteiger partial charge in [0, 0.05) is 18.8 Å². The van der Waals surface area contributed by atoms with Crippen LogP contribution in [0, 0.1) is 11.8 Å². The lowest BCUT2D eigenvalue weighted by Crippen LogP contribution is -2.19. The molecule has 1 aliphatic rings. The summed E-state index contributed by atoms with van der Waals surface area (Å²) < 4.78 is 4.98. The molecule has 0 bridgehead atoms. The van der Waals surface area contributed by atoms with Crippen LogP contribution in [0.1, 0.15) is 65.2 Å². The summed E-state index contributed by atoms with van der Waals surface area (Å²) in [5.74, 6) is 0.570. The van der Waals surface area contributed by atoms with Crippen molar-refractivity contribution < 1.29 is 14.3 Å². The van der Waals surface area contributed by atoms with Gasteiger partial charge in [-0.3, -0.25) is 9.59 Å². The van der Waals surface area contributed by atoms with Crippen molar-refractivity contribution in [3.8, 4) is 0 Å². The fourth-order valence-electron chi connectivity index (χ4n) is 2.84. The van der Waals surface area contributed by atoms with Gasteiger partial charge in [-0.05, 0) is 25.7 Å². The monoisotopic (exact) mass is 254 g/mol. The van der Waals surface area contributed by atoms with Crippen molar-refractivity contribution in [2.75, 3.05) is 6.61 Å². The van der Waals surface area contributed by atoms with Crippen LogP contribution < -0.4 is 0 Å². The Morgan fingerprint density at radius 3 is 2.72 bits per heavy atom. The van der Waals surface area contributed by atoms with E-state index in [1.807, 2.05) is 6.92 Å². The zero-order valence-corrected chi connectivity index (χ0v) is 11.7. The molecule has 0 spiro atoms. The van der Waals surface area contributed by atoms with Crippen LogP contribution in [0.25, 0.3) is 0 Å². The van der Waals surface area contributed by atoms with Crippen molar-refractivity contribution in [3.05, 3.63) is 0 Å². The van der Waals surface area contributed by atoms with Gasteiger partial charge in [0.2, 0.25) is 0 Å². The molecule has 0 amide bonds. The third kappa shape index (κ3) is 4.79. The number of esters is 1. The van der Waals surface area contributed by atoms with Crippen LogP contribution >= 0.6 is 0 Å². The van der Waals surface area contributed by atoms with Gasteiger partial charge in [-0.25, -0.2) is 0 Å². The minimum Gasteiger partial charge on any atom is -0.466 e. The highest BCUT2D eigenvalue weighted by atomic mass is 16.5. The quantitative estimate of drug-likeness (QED) is 0.492. The van der Waals surface area contributed by atoms with E-state index in [0.717, 1.165) is 19.3 Å². The van der Waals surface area contributed by atoms with Crippen molar-refractivity contribution in [1.82, 2.24) is 0 Å². The largest absolute Gasteiger partial charge is 0.466 e. The lowest BCUT2D eigenvalue weighted by Gasteiger charge is -2.17. The van der Waals surface area contributed by atoms with E-state index >= 15 is 0 Å². The van der Waals surface area contributed by atoms with Crippen LogP contribution in [0.5, 0.6) is 0 Å². The molecule has 0 saturated heterocycles. The number of ketones is 1. The molecule has 2 unspecified atom stereocenters. The van der Waals surface area contributed by atoms with Crippen molar-refractivity contribution in [3.63, 3.8) is 0 Å². The van der Waals surface area contributed by atoms with E-state index in [4.69, 9.17) is 4.74 Å². The van der Waals surface area contributed by atoms with Crippen LogP contribution in [-0.4, -0.2) is 18.4 Å². The molecule has 1 saturated carbocycles. The molecule has 0 aromatic heterocycles. The first-order chi connectivity index (χ1) is 8.69. The molecule has 1 rings (SSSR count). The lowest BCUT2D eigenvalue weighted by molar-refractivity contribution is -0.144. The third-order valence-electron chi connectivity index (χ3n) is 3.85. The van der Waals surface area contributed by atoms with Crippen LogP contribution in [0.2, 0.25) is 0 Å². The molecule has 3 heteroatoms. The smallest absolute Gasteiger partial charge is 0.306 e. The van der Waals surface area contributed by atoms with Gasteiger partial charge in [-0.1, -0.05) is 32.6 Å². The fraction of sp³-hybridized carbons (Fsp3) is 0.867. The molecule has 0 radical (unpaired) electrons. The molecule has 18 heavy (non-hydrogen) atoms. The number of ether oxygens (including phenoxy) is 1. The van der Waals surface area contributed by atoms with Gasteiger partial charge < -0.3 is 4.74 Å². The van der Waals surface area contributed by atoms with E-state index < -0.39 is 0 Å².